The zero-order valence-electron chi connectivity index (χ0n) is 11.3. The zero-order chi connectivity index (χ0) is 14.1. The predicted molar refractivity (Wildman–Crippen MR) is 80.3 cm³/mol. The van der Waals surface area contributed by atoms with Crippen LogP contribution in [0.5, 0.6) is 5.75 Å². The molecule has 0 aliphatic carbocycles. The van der Waals surface area contributed by atoms with Crippen LogP contribution in [-0.4, -0.2) is 11.7 Å². The van der Waals surface area contributed by atoms with Crippen molar-refractivity contribution in [1.82, 2.24) is 0 Å². The van der Waals surface area contributed by atoms with E-state index >= 15 is 0 Å². The lowest BCUT2D eigenvalue weighted by Crippen LogP contribution is -2.26. The molecule has 1 aliphatic heterocycles. The largest absolute Gasteiger partial charge is 0.493 e. The van der Waals surface area contributed by atoms with E-state index in [1.54, 1.807) is 0 Å². The first kappa shape index (κ1) is 13.5. The molecule has 2 aromatic rings. The van der Waals surface area contributed by atoms with E-state index < -0.39 is 6.10 Å². The van der Waals surface area contributed by atoms with Gasteiger partial charge in [-0.2, -0.15) is 0 Å². The predicted octanol–water partition coefficient (Wildman–Crippen LogP) is 3.93. The second-order valence-corrected chi connectivity index (χ2v) is 5.74. The van der Waals surface area contributed by atoms with Crippen LogP contribution in [0.15, 0.2) is 42.5 Å². The van der Waals surface area contributed by atoms with E-state index in [-0.39, 0.29) is 5.92 Å². The number of aliphatic hydroxyl groups is 1. The summed E-state index contributed by atoms with van der Waals surface area (Å²) in [6, 6.07) is 13.7. The summed E-state index contributed by atoms with van der Waals surface area (Å²) in [6.07, 6.45) is 0.268. The maximum Gasteiger partial charge on any atom is 0.122 e. The van der Waals surface area contributed by atoms with Gasteiger partial charge in [0.2, 0.25) is 0 Å². The number of para-hydroxylation sites is 1. The molecule has 0 saturated heterocycles. The molecule has 0 amide bonds. The first-order valence-electron chi connectivity index (χ1n) is 6.80. The quantitative estimate of drug-likeness (QED) is 0.907. The fourth-order valence-corrected chi connectivity index (χ4v) is 2.81. The average Bonchev–Trinajstić information content (AvgIpc) is 2.49. The molecule has 1 N–H and O–H groups in total. The molecule has 0 spiro atoms. The van der Waals surface area contributed by atoms with Crippen LogP contribution >= 0.6 is 11.6 Å². The van der Waals surface area contributed by atoms with Crippen molar-refractivity contribution in [2.75, 3.05) is 6.61 Å². The molecule has 2 atom stereocenters. The van der Waals surface area contributed by atoms with E-state index in [0.717, 1.165) is 28.9 Å². The van der Waals surface area contributed by atoms with Crippen molar-refractivity contribution in [3.8, 4) is 5.75 Å². The van der Waals surface area contributed by atoms with Crippen LogP contribution in [-0.2, 0) is 6.42 Å². The van der Waals surface area contributed by atoms with Crippen LogP contribution in [0, 0.1) is 12.8 Å². The maximum atomic E-state index is 10.5. The van der Waals surface area contributed by atoms with E-state index in [1.807, 2.05) is 43.3 Å². The Morgan fingerprint density at radius 2 is 2.05 bits per heavy atom. The molecule has 0 saturated carbocycles. The zero-order valence-corrected chi connectivity index (χ0v) is 12.1. The fourth-order valence-electron chi connectivity index (χ4n) is 2.62. The minimum atomic E-state index is -0.554. The van der Waals surface area contributed by atoms with Gasteiger partial charge in [-0.25, -0.2) is 0 Å². The van der Waals surface area contributed by atoms with Crippen LogP contribution in [0.3, 0.4) is 0 Å². The summed E-state index contributed by atoms with van der Waals surface area (Å²) in [5, 5.41) is 11.2. The summed E-state index contributed by atoms with van der Waals surface area (Å²) in [6.45, 7) is 2.49. The second-order valence-electron chi connectivity index (χ2n) is 5.34. The smallest absolute Gasteiger partial charge is 0.122 e. The van der Waals surface area contributed by atoms with Crippen molar-refractivity contribution in [3.05, 3.63) is 64.2 Å². The van der Waals surface area contributed by atoms with E-state index in [4.69, 9.17) is 16.3 Å². The van der Waals surface area contributed by atoms with E-state index in [0.29, 0.717) is 11.6 Å². The Morgan fingerprint density at radius 3 is 2.85 bits per heavy atom. The Hall–Kier alpha value is -1.51. The SMILES string of the molecule is Cc1ccc(C(O)C2COc3ccccc3C2)cc1Cl. The minimum absolute atomic E-state index is 0.0590. The third kappa shape index (κ3) is 2.54. The Kier molecular flexibility index (Phi) is 3.68. The maximum absolute atomic E-state index is 10.5. The monoisotopic (exact) mass is 288 g/mol. The van der Waals surface area contributed by atoms with Gasteiger partial charge in [0, 0.05) is 10.9 Å². The summed E-state index contributed by atoms with van der Waals surface area (Å²) >= 11 is 6.14. The normalized spacial score (nSPS) is 19.1. The standard InChI is InChI=1S/C17H17ClO2/c1-11-6-7-13(9-15(11)18)17(19)14-8-12-4-2-3-5-16(12)20-10-14/h2-7,9,14,17,19H,8,10H2,1H3. The van der Waals surface area contributed by atoms with Crippen molar-refractivity contribution in [3.63, 3.8) is 0 Å². The molecule has 20 heavy (non-hydrogen) atoms. The molecule has 0 fully saturated rings. The molecular formula is C17H17ClO2. The number of benzene rings is 2. The van der Waals surface area contributed by atoms with Gasteiger partial charge in [-0.15, -0.1) is 0 Å². The van der Waals surface area contributed by atoms with Crippen LogP contribution < -0.4 is 4.74 Å². The number of ether oxygens (including phenoxy) is 1. The van der Waals surface area contributed by atoms with Crippen molar-refractivity contribution < 1.29 is 9.84 Å². The second kappa shape index (κ2) is 5.47. The molecule has 0 radical (unpaired) electrons. The summed E-state index contributed by atoms with van der Waals surface area (Å²) in [5.74, 6) is 0.988. The third-order valence-electron chi connectivity index (χ3n) is 3.89. The van der Waals surface area contributed by atoms with E-state index in [9.17, 15) is 5.11 Å². The average molecular weight is 289 g/mol. The number of hydrogen-bond donors (Lipinski definition) is 1. The molecule has 104 valence electrons. The number of rotatable bonds is 2. The first-order valence-corrected chi connectivity index (χ1v) is 7.18. The van der Waals surface area contributed by atoms with Crippen molar-refractivity contribution >= 4 is 11.6 Å². The van der Waals surface area contributed by atoms with Gasteiger partial charge >= 0.3 is 0 Å². The summed E-state index contributed by atoms with van der Waals surface area (Å²) < 4.78 is 5.74. The lowest BCUT2D eigenvalue weighted by Gasteiger charge is -2.29. The van der Waals surface area contributed by atoms with E-state index in [1.165, 1.54) is 0 Å². The van der Waals surface area contributed by atoms with Crippen molar-refractivity contribution in [2.24, 2.45) is 5.92 Å². The lowest BCUT2D eigenvalue weighted by molar-refractivity contribution is 0.0645. The highest BCUT2D eigenvalue weighted by Crippen LogP contribution is 2.34. The summed E-state index contributed by atoms with van der Waals surface area (Å²) in [7, 11) is 0. The molecule has 1 aliphatic rings. The van der Waals surface area contributed by atoms with Crippen molar-refractivity contribution in [2.45, 2.75) is 19.4 Å². The molecule has 0 aromatic heterocycles. The molecule has 3 rings (SSSR count). The number of hydrogen-bond acceptors (Lipinski definition) is 2. The number of fused-ring (bicyclic) bond motifs is 1. The Balaban J connectivity index is 1.82. The highest BCUT2D eigenvalue weighted by Gasteiger charge is 2.27. The molecule has 2 unspecified atom stereocenters. The topological polar surface area (TPSA) is 29.5 Å². The van der Waals surface area contributed by atoms with Crippen LogP contribution in [0.2, 0.25) is 5.02 Å². The number of aliphatic hydroxyl groups excluding tert-OH is 1. The number of halogens is 1. The molecular weight excluding hydrogens is 272 g/mol. The van der Waals surface area contributed by atoms with Crippen LogP contribution in [0.1, 0.15) is 22.8 Å². The van der Waals surface area contributed by atoms with Gasteiger partial charge in [-0.1, -0.05) is 41.9 Å². The van der Waals surface area contributed by atoms with Gasteiger partial charge in [0.1, 0.15) is 5.75 Å². The highest BCUT2D eigenvalue weighted by molar-refractivity contribution is 6.31. The Bertz CT molecular complexity index is 624. The van der Waals surface area contributed by atoms with Gasteiger partial charge in [-0.3, -0.25) is 0 Å². The Morgan fingerprint density at radius 1 is 1.25 bits per heavy atom. The minimum Gasteiger partial charge on any atom is -0.493 e. The van der Waals surface area contributed by atoms with Crippen molar-refractivity contribution in [1.29, 1.82) is 0 Å². The number of aryl methyl sites for hydroxylation is 1. The highest BCUT2D eigenvalue weighted by atomic mass is 35.5. The third-order valence-corrected chi connectivity index (χ3v) is 4.30. The fraction of sp³-hybridized carbons (Fsp3) is 0.294. The molecule has 3 heteroatoms. The van der Waals surface area contributed by atoms with Gasteiger partial charge in [0.05, 0.1) is 12.7 Å². The summed E-state index contributed by atoms with van der Waals surface area (Å²) in [4.78, 5) is 0. The van der Waals surface area contributed by atoms with Gasteiger partial charge in [-0.05, 0) is 42.2 Å². The van der Waals surface area contributed by atoms with E-state index in [2.05, 4.69) is 6.07 Å². The molecule has 2 nitrogen and oxygen atoms in total. The lowest BCUT2D eigenvalue weighted by atomic mass is 9.88. The van der Waals surface area contributed by atoms with Gasteiger partial charge < -0.3 is 9.84 Å². The molecule has 2 aromatic carbocycles. The Labute approximate surface area is 124 Å². The molecule has 0 bridgehead atoms. The first-order chi connectivity index (χ1) is 9.65. The molecule has 1 heterocycles. The summed E-state index contributed by atoms with van der Waals surface area (Å²) in [5.41, 5.74) is 3.03. The van der Waals surface area contributed by atoms with Crippen LogP contribution in [0.25, 0.3) is 0 Å². The van der Waals surface area contributed by atoms with Gasteiger partial charge in [0.15, 0.2) is 0 Å². The van der Waals surface area contributed by atoms with Gasteiger partial charge in [0.25, 0.3) is 0 Å². The van der Waals surface area contributed by atoms with Crippen LogP contribution in [0.4, 0.5) is 0 Å².